The summed E-state index contributed by atoms with van der Waals surface area (Å²) in [4.78, 5) is 67.4. The number of halogens is 4. The van der Waals surface area contributed by atoms with Gasteiger partial charge < -0.3 is 34.6 Å². The number of alkyl halides is 3. The Kier molecular flexibility index (Phi) is 12.4. The van der Waals surface area contributed by atoms with Gasteiger partial charge in [-0.15, -0.1) is 5.10 Å². The number of ether oxygens (including phenoxy) is 1. The Balaban J connectivity index is 0.00000285. The van der Waals surface area contributed by atoms with Crippen LogP contribution in [-0.2, 0) is 28.7 Å². The summed E-state index contributed by atoms with van der Waals surface area (Å²) in [7, 11) is 1.00. The minimum Gasteiger partial charge on any atom is -0.504 e. The third kappa shape index (κ3) is 8.52. The number of aromatic nitrogens is 6. The van der Waals surface area contributed by atoms with Crippen molar-refractivity contribution in [3.8, 4) is 22.9 Å². The van der Waals surface area contributed by atoms with Crippen molar-refractivity contribution in [1.29, 1.82) is 0 Å². The van der Waals surface area contributed by atoms with Crippen LogP contribution in [0.15, 0.2) is 53.6 Å². The highest BCUT2D eigenvalue weighted by atomic mass is 35.5. The van der Waals surface area contributed by atoms with Gasteiger partial charge in [-0.1, -0.05) is 18.5 Å². The van der Waals surface area contributed by atoms with Crippen LogP contribution in [0.3, 0.4) is 0 Å². The van der Waals surface area contributed by atoms with E-state index in [2.05, 4.69) is 25.4 Å². The lowest BCUT2D eigenvalue weighted by Crippen LogP contribution is -2.51. The highest BCUT2D eigenvalue weighted by molar-refractivity contribution is 6.33. The van der Waals surface area contributed by atoms with E-state index in [4.69, 9.17) is 21.4 Å². The molecule has 0 spiro atoms. The molecule has 3 N–H and O–H groups in total. The Morgan fingerprint density at radius 3 is 2.36 bits per heavy atom. The minimum atomic E-state index is -4.64. The van der Waals surface area contributed by atoms with E-state index in [-0.39, 0.29) is 84.3 Å². The third-order valence-electron chi connectivity index (χ3n) is 8.55. The molecule has 6 rings (SSSR count). The van der Waals surface area contributed by atoms with Gasteiger partial charge in [-0.2, -0.15) is 22.7 Å². The monoisotopic (exact) mass is 785 g/mol. The second kappa shape index (κ2) is 16.9. The number of nitrogens with zero attached hydrogens (tertiary/aromatic N) is 8. The molecule has 3 aromatic heterocycles. The average molecular weight is 786 g/mol. The maximum atomic E-state index is 14.2. The van der Waals surface area contributed by atoms with E-state index in [9.17, 15) is 37.5 Å². The second-order valence-electron chi connectivity index (χ2n) is 11.9. The first-order valence-electron chi connectivity index (χ1n) is 16.7. The summed E-state index contributed by atoms with van der Waals surface area (Å²) in [5, 5.41) is 24.1. The number of hydrogen-bond acceptors (Lipinski definition) is 12. The molecule has 0 aliphatic carbocycles. The SMILES string of the molecule is CCc1c(N2CCN(C(=O)c3ncnc(C)c3O)CC2)c(=O)n2nc(-c3ccc(OCC=O)cc3)nc2n1CC(=O)Nc1ccc(C(F)(F)F)cc1Cl.CO. The van der Waals surface area contributed by atoms with Gasteiger partial charge in [0.25, 0.3) is 11.5 Å². The molecule has 20 heteroatoms. The number of benzene rings is 2. The molecule has 2 aromatic carbocycles. The number of hydrogen-bond donors (Lipinski definition) is 3. The fraction of sp³-hybridized carbons (Fsp3) is 0.314. The Morgan fingerprint density at radius 1 is 1.05 bits per heavy atom. The molecule has 290 valence electrons. The van der Waals surface area contributed by atoms with Crippen LogP contribution in [0.5, 0.6) is 11.5 Å². The number of aldehydes is 1. The zero-order chi connectivity index (χ0) is 40.0. The molecule has 55 heavy (non-hydrogen) atoms. The highest BCUT2D eigenvalue weighted by Gasteiger charge is 2.32. The number of anilines is 2. The van der Waals surface area contributed by atoms with E-state index in [0.717, 1.165) is 23.8 Å². The van der Waals surface area contributed by atoms with Crippen molar-refractivity contribution >= 4 is 46.9 Å². The van der Waals surface area contributed by atoms with Crippen LogP contribution in [0, 0.1) is 6.92 Å². The van der Waals surface area contributed by atoms with Crippen LogP contribution >= 0.6 is 11.6 Å². The molecular weight excluding hydrogens is 751 g/mol. The van der Waals surface area contributed by atoms with E-state index in [1.54, 1.807) is 43.0 Å². The summed E-state index contributed by atoms with van der Waals surface area (Å²) < 4.78 is 47.5. The lowest BCUT2D eigenvalue weighted by atomic mass is 10.2. The molecule has 0 atom stereocenters. The number of rotatable bonds is 10. The molecule has 1 fully saturated rings. The molecule has 2 amide bonds. The third-order valence-corrected chi connectivity index (χ3v) is 8.87. The summed E-state index contributed by atoms with van der Waals surface area (Å²) >= 11 is 6.11. The number of nitrogens with one attached hydrogen (secondary N) is 1. The molecule has 0 bridgehead atoms. The smallest absolute Gasteiger partial charge is 0.416 e. The van der Waals surface area contributed by atoms with Gasteiger partial charge in [-0.25, -0.2) is 9.97 Å². The van der Waals surface area contributed by atoms with E-state index in [1.165, 1.54) is 15.8 Å². The first-order chi connectivity index (χ1) is 26.3. The number of aromatic hydroxyl groups is 1. The van der Waals surface area contributed by atoms with Crippen molar-refractivity contribution in [1.82, 2.24) is 34.0 Å². The van der Waals surface area contributed by atoms with Gasteiger partial charge in [0.1, 0.15) is 30.9 Å². The van der Waals surface area contributed by atoms with Gasteiger partial charge in [-0.05, 0) is 55.8 Å². The lowest BCUT2D eigenvalue weighted by molar-refractivity contribution is -0.137. The largest absolute Gasteiger partial charge is 0.504 e. The van der Waals surface area contributed by atoms with Gasteiger partial charge in [0.05, 0.1) is 27.7 Å². The topological polar surface area (TPSA) is 197 Å². The first kappa shape index (κ1) is 40.1. The minimum absolute atomic E-state index is 0.0176. The fourth-order valence-electron chi connectivity index (χ4n) is 5.91. The van der Waals surface area contributed by atoms with Crippen LogP contribution < -0.4 is 20.5 Å². The summed E-state index contributed by atoms with van der Waals surface area (Å²) in [5.41, 5.74) is -0.333. The van der Waals surface area contributed by atoms with Crippen LogP contribution in [-0.4, -0.2) is 102 Å². The van der Waals surface area contributed by atoms with E-state index in [0.29, 0.717) is 29.4 Å². The first-order valence-corrected chi connectivity index (χ1v) is 17.0. The molecule has 0 radical (unpaired) electrons. The second-order valence-corrected chi connectivity index (χ2v) is 12.3. The zero-order valence-corrected chi connectivity index (χ0v) is 30.4. The molecule has 1 saturated heterocycles. The maximum absolute atomic E-state index is 14.2. The number of aryl methyl sites for hydroxylation is 1. The van der Waals surface area contributed by atoms with Crippen LogP contribution in [0.4, 0.5) is 24.5 Å². The molecule has 0 unspecified atom stereocenters. The number of carbonyl (C=O) groups excluding carboxylic acids is 3. The Morgan fingerprint density at radius 2 is 1.75 bits per heavy atom. The highest BCUT2D eigenvalue weighted by Crippen LogP contribution is 2.34. The van der Waals surface area contributed by atoms with Gasteiger partial charge in [0.15, 0.2) is 23.6 Å². The molecule has 0 saturated carbocycles. The van der Waals surface area contributed by atoms with Crippen LogP contribution in [0.25, 0.3) is 17.2 Å². The number of amides is 2. The Hall–Kier alpha value is -6.08. The van der Waals surface area contributed by atoms with Crippen molar-refractivity contribution in [2.75, 3.05) is 50.1 Å². The predicted molar refractivity (Wildman–Crippen MR) is 193 cm³/mol. The molecule has 4 heterocycles. The summed E-state index contributed by atoms with van der Waals surface area (Å²) in [5.74, 6) is -0.918. The number of carbonyl (C=O) groups is 3. The van der Waals surface area contributed by atoms with Crippen LogP contribution in [0.2, 0.25) is 5.02 Å². The Labute approximate surface area is 315 Å². The number of aliphatic hydroxyl groups excluding tert-OH is 1. The summed E-state index contributed by atoms with van der Waals surface area (Å²) in [6, 6.07) is 9.04. The van der Waals surface area contributed by atoms with Crippen molar-refractivity contribution in [3.05, 3.63) is 86.8 Å². The van der Waals surface area contributed by atoms with Crippen molar-refractivity contribution in [2.24, 2.45) is 0 Å². The normalized spacial score (nSPS) is 12.9. The summed E-state index contributed by atoms with van der Waals surface area (Å²) in [6.45, 7) is 3.48. The molecule has 1 aliphatic rings. The number of piperazine rings is 1. The predicted octanol–water partition coefficient (Wildman–Crippen LogP) is 3.38. The van der Waals surface area contributed by atoms with Gasteiger partial charge >= 0.3 is 6.18 Å². The Bertz CT molecular complexity index is 2270. The van der Waals surface area contributed by atoms with E-state index < -0.39 is 35.7 Å². The quantitative estimate of drug-likeness (QED) is 0.175. The standard InChI is InChI=1S/C34H31ClF3N9O6.CH4O/c1-3-25-28(44-10-12-45(13-11-44)31(51)27-29(50)19(2)39-18-40-27)32(52)47-33(42-30(43-47)20-4-7-22(8-5-20)53-15-14-48)46(25)17-26(49)41-24-9-6-21(16-23(24)35)34(36,37)38;1-2/h4-9,14,16,18,50H,3,10-13,15,17H2,1-2H3,(H,41,49);2H,1H3. The van der Waals surface area contributed by atoms with Gasteiger partial charge in [-0.3, -0.25) is 19.2 Å². The molecular formula is C35H35ClF3N9O7. The average Bonchev–Trinajstić information content (AvgIpc) is 3.63. The maximum Gasteiger partial charge on any atom is 0.416 e. The number of fused-ring (bicyclic) bond motifs is 1. The van der Waals surface area contributed by atoms with Crippen molar-refractivity contribution in [3.63, 3.8) is 0 Å². The molecule has 1 aliphatic heterocycles. The van der Waals surface area contributed by atoms with Crippen LogP contribution in [0.1, 0.15) is 34.4 Å². The van der Waals surface area contributed by atoms with E-state index >= 15 is 0 Å². The zero-order valence-electron chi connectivity index (χ0n) is 29.7. The lowest BCUT2D eigenvalue weighted by Gasteiger charge is -2.36. The van der Waals surface area contributed by atoms with Crippen molar-refractivity contribution in [2.45, 2.75) is 33.0 Å². The summed E-state index contributed by atoms with van der Waals surface area (Å²) in [6.07, 6.45) is -2.59. The van der Waals surface area contributed by atoms with Gasteiger partial charge in [0, 0.05) is 38.9 Å². The van der Waals surface area contributed by atoms with E-state index in [1.807, 2.05) is 0 Å². The number of aliphatic hydroxyl groups is 1. The van der Waals surface area contributed by atoms with Gasteiger partial charge in [0.2, 0.25) is 11.7 Å². The molecule has 16 nitrogen and oxygen atoms in total. The van der Waals surface area contributed by atoms with Crippen molar-refractivity contribution < 1.29 is 42.5 Å². The molecule has 5 aromatic rings. The fourth-order valence-corrected chi connectivity index (χ4v) is 6.14.